The van der Waals surface area contributed by atoms with E-state index in [-0.39, 0.29) is 0 Å². The van der Waals surface area contributed by atoms with Gasteiger partial charge in [0.2, 0.25) is 11.4 Å². The lowest BCUT2D eigenvalue weighted by atomic mass is 10.2. The summed E-state index contributed by atoms with van der Waals surface area (Å²) in [5, 5.41) is 0. The highest BCUT2D eigenvalue weighted by molar-refractivity contribution is 7.99. The summed E-state index contributed by atoms with van der Waals surface area (Å²) < 4.78 is 0. The maximum atomic E-state index is 2.38. The molecule has 2 heteroatoms. The van der Waals surface area contributed by atoms with Crippen molar-refractivity contribution in [1.29, 1.82) is 0 Å². The van der Waals surface area contributed by atoms with Gasteiger partial charge in [-0.05, 0) is 19.1 Å². The molecule has 0 N–H and O–H groups in total. The highest BCUT2D eigenvalue weighted by Gasteiger charge is 2.31. The Labute approximate surface area is 100 Å². The maximum absolute atomic E-state index is 2.38. The minimum atomic E-state index is 1.01. The molecule has 3 rings (SSSR count). The Hall–Kier alpha value is -1.25. The highest BCUT2D eigenvalue weighted by Crippen LogP contribution is 2.47. The van der Waals surface area contributed by atoms with Gasteiger partial charge in [-0.3, -0.25) is 0 Å². The number of nitrogens with zero attached hydrogens (tertiary/aromatic N) is 1. The summed E-state index contributed by atoms with van der Waals surface area (Å²) >= 11 is 1.86. The first kappa shape index (κ1) is 9.94. The Morgan fingerprint density at radius 3 is 1.88 bits per heavy atom. The fourth-order valence-electron chi connectivity index (χ4n) is 2.12. The van der Waals surface area contributed by atoms with Crippen LogP contribution in [0.4, 0.5) is 11.4 Å². The fourth-order valence-corrected chi connectivity index (χ4v) is 3.22. The van der Waals surface area contributed by atoms with Crippen molar-refractivity contribution in [2.45, 2.75) is 16.7 Å². The smallest absolute Gasteiger partial charge is 0.0954 e. The predicted molar refractivity (Wildman–Crippen MR) is 69.0 cm³/mol. The van der Waals surface area contributed by atoms with E-state index in [1.165, 1.54) is 21.2 Å². The number of hydrogen-bond donors (Lipinski definition) is 0. The molecule has 0 saturated heterocycles. The average molecular weight is 227 g/mol. The van der Waals surface area contributed by atoms with Crippen LogP contribution in [-0.2, 0) is 0 Å². The van der Waals surface area contributed by atoms with Crippen LogP contribution in [0.5, 0.6) is 0 Å². The van der Waals surface area contributed by atoms with Gasteiger partial charge in [0.15, 0.2) is 0 Å². The van der Waals surface area contributed by atoms with E-state index in [4.69, 9.17) is 0 Å². The quantitative estimate of drug-likeness (QED) is 0.659. The van der Waals surface area contributed by atoms with Gasteiger partial charge in [-0.15, -0.1) is 0 Å². The third kappa shape index (κ3) is 1.46. The number of fused-ring (bicyclic) bond motifs is 2. The van der Waals surface area contributed by atoms with Crippen LogP contribution < -0.4 is 4.90 Å². The molecule has 2 aromatic carbocycles. The zero-order valence-electron chi connectivity index (χ0n) is 9.18. The van der Waals surface area contributed by atoms with Crippen LogP contribution in [0.2, 0.25) is 0 Å². The third-order valence-electron chi connectivity index (χ3n) is 2.85. The van der Waals surface area contributed by atoms with Crippen LogP contribution in [0, 0.1) is 0 Å². The van der Waals surface area contributed by atoms with Gasteiger partial charge in [0.05, 0.1) is 9.79 Å². The molecule has 1 nitrogen and oxygen atoms in total. The lowest BCUT2D eigenvalue weighted by Crippen LogP contribution is -2.20. The van der Waals surface area contributed by atoms with Crippen LogP contribution in [0.15, 0.2) is 58.3 Å². The zero-order valence-corrected chi connectivity index (χ0v) is 10.00. The molecule has 0 fully saturated rings. The van der Waals surface area contributed by atoms with E-state index >= 15 is 0 Å². The highest BCUT2D eigenvalue weighted by atomic mass is 32.2. The Kier molecular flexibility index (Phi) is 2.46. The molecule has 0 aliphatic carbocycles. The van der Waals surface area contributed by atoms with E-state index in [9.17, 15) is 0 Å². The molecule has 2 aromatic rings. The minimum absolute atomic E-state index is 1.01. The molecule has 1 heterocycles. The number of hydrogen-bond acceptors (Lipinski definition) is 2. The molecule has 0 saturated carbocycles. The Bertz CT molecular complexity index is 476. The standard InChI is InChI=1S/C14H13NS/c1-2-15-11-7-3-5-9-13(11)16-14-10-6-4-8-12(14)15/h3-10H,2H2,1H3/q+1. The summed E-state index contributed by atoms with van der Waals surface area (Å²) in [5.41, 5.74) is 2.66. The first-order valence-corrected chi connectivity index (χ1v) is 6.35. The molecule has 79 valence electrons. The second-order valence-corrected chi connectivity index (χ2v) is 4.87. The van der Waals surface area contributed by atoms with Gasteiger partial charge in [0.1, 0.15) is 6.54 Å². The van der Waals surface area contributed by atoms with Crippen LogP contribution in [0.3, 0.4) is 0 Å². The van der Waals surface area contributed by atoms with E-state index < -0.39 is 0 Å². The van der Waals surface area contributed by atoms with Gasteiger partial charge in [-0.25, -0.2) is 0 Å². The maximum Gasteiger partial charge on any atom is 0.200 e. The van der Waals surface area contributed by atoms with E-state index in [1.807, 2.05) is 11.8 Å². The molecule has 0 aromatic heterocycles. The molecule has 1 aliphatic heterocycles. The summed E-state index contributed by atoms with van der Waals surface area (Å²) in [7, 11) is 0. The Morgan fingerprint density at radius 1 is 0.875 bits per heavy atom. The first-order valence-electron chi connectivity index (χ1n) is 5.53. The van der Waals surface area contributed by atoms with Gasteiger partial charge in [-0.1, -0.05) is 40.9 Å². The first-order chi connectivity index (χ1) is 7.90. The fraction of sp³-hybridized carbons (Fsp3) is 0.143. The van der Waals surface area contributed by atoms with Gasteiger partial charge in [0, 0.05) is 12.1 Å². The summed E-state index contributed by atoms with van der Waals surface area (Å²) in [6.07, 6.45) is 0. The lowest BCUT2D eigenvalue weighted by Gasteiger charge is -2.19. The van der Waals surface area contributed by atoms with E-state index in [0.29, 0.717) is 0 Å². The number of anilines is 2. The van der Waals surface area contributed by atoms with Crippen molar-refractivity contribution in [1.82, 2.24) is 4.90 Å². The summed E-state index contributed by atoms with van der Waals surface area (Å²) in [4.78, 5) is 5.08. The molecule has 0 bridgehead atoms. The molecule has 0 amide bonds. The number of benzene rings is 2. The predicted octanol–water partition coefficient (Wildman–Crippen LogP) is 4.27. The van der Waals surface area contributed by atoms with Crippen molar-refractivity contribution in [3.8, 4) is 0 Å². The van der Waals surface area contributed by atoms with Crippen molar-refractivity contribution in [3.63, 3.8) is 0 Å². The molecular weight excluding hydrogens is 214 g/mol. The summed E-state index contributed by atoms with van der Waals surface area (Å²) in [6.45, 7) is 3.21. The van der Waals surface area contributed by atoms with Crippen molar-refractivity contribution < 1.29 is 0 Å². The third-order valence-corrected chi connectivity index (χ3v) is 3.98. The van der Waals surface area contributed by atoms with Gasteiger partial charge < -0.3 is 0 Å². The normalized spacial score (nSPS) is 14.3. The summed E-state index contributed by atoms with van der Waals surface area (Å²) in [6, 6.07) is 17.2. The molecule has 0 spiro atoms. The van der Waals surface area contributed by atoms with Crippen molar-refractivity contribution >= 4 is 23.1 Å². The topological polar surface area (TPSA) is 5.90 Å². The van der Waals surface area contributed by atoms with Crippen molar-refractivity contribution in [2.24, 2.45) is 0 Å². The van der Waals surface area contributed by atoms with Crippen molar-refractivity contribution in [3.05, 3.63) is 48.5 Å². The molecule has 0 atom stereocenters. The largest absolute Gasteiger partial charge is 0.200 e. The number of rotatable bonds is 1. The van der Waals surface area contributed by atoms with E-state index in [2.05, 4.69) is 60.4 Å². The molecular formula is C14H13NS+. The summed E-state index contributed by atoms with van der Waals surface area (Å²) in [5.74, 6) is 0. The van der Waals surface area contributed by atoms with Crippen LogP contribution in [-0.4, -0.2) is 6.54 Å². The van der Waals surface area contributed by atoms with Gasteiger partial charge in [-0.2, -0.15) is 0 Å². The van der Waals surface area contributed by atoms with Crippen molar-refractivity contribution in [2.75, 3.05) is 6.54 Å². The van der Waals surface area contributed by atoms with E-state index in [1.54, 1.807) is 0 Å². The lowest BCUT2D eigenvalue weighted by molar-refractivity contribution is 0.700. The molecule has 1 aliphatic rings. The van der Waals surface area contributed by atoms with Gasteiger partial charge >= 0.3 is 0 Å². The monoisotopic (exact) mass is 227 g/mol. The molecule has 0 unspecified atom stereocenters. The minimum Gasteiger partial charge on any atom is -0.0954 e. The molecule has 16 heavy (non-hydrogen) atoms. The second kappa shape index (κ2) is 3.96. The zero-order chi connectivity index (χ0) is 11.0. The molecule has 1 radical (unpaired) electrons. The van der Waals surface area contributed by atoms with Crippen LogP contribution >= 0.6 is 11.8 Å². The number of para-hydroxylation sites is 2. The average Bonchev–Trinajstić information content (AvgIpc) is 2.36. The van der Waals surface area contributed by atoms with E-state index in [0.717, 1.165) is 6.54 Å². The van der Waals surface area contributed by atoms with Gasteiger partial charge in [0.25, 0.3) is 0 Å². The SMILES string of the molecule is CC[N+]1c2ccccc2Sc2ccccc21. The van der Waals surface area contributed by atoms with Crippen LogP contribution in [0.1, 0.15) is 6.92 Å². The second-order valence-electron chi connectivity index (χ2n) is 3.78. The Morgan fingerprint density at radius 2 is 1.38 bits per heavy atom. The van der Waals surface area contributed by atoms with Crippen LogP contribution in [0.25, 0.3) is 0 Å². The Balaban J connectivity index is 2.19.